The number of nitrogens with zero attached hydrogens (tertiary/aromatic N) is 1. The van der Waals surface area contributed by atoms with Crippen LogP contribution in [0.1, 0.15) is 123 Å². The maximum Gasteiger partial charge on any atom is 0.302 e. The summed E-state index contributed by atoms with van der Waals surface area (Å²) in [6.45, 7) is 6.65. The molecule has 0 aliphatic rings. The Morgan fingerprint density at radius 2 is 1.16 bits per heavy atom. The number of unbranched alkanes of at least 4 members (excludes halogenated alkanes) is 14. The number of amides is 1. The summed E-state index contributed by atoms with van der Waals surface area (Å²) in [5.74, 6) is -0.0408. The highest BCUT2D eigenvalue weighted by Crippen LogP contribution is 2.13. The SMILES string of the molecule is CCCCCCCCCCCCCCCCCC(=O)NCCC[N+](C)(C)CCOC(C)=O. The first-order chi connectivity index (χ1) is 15.4. The minimum atomic E-state index is -0.226. The van der Waals surface area contributed by atoms with Gasteiger partial charge in [-0.1, -0.05) is 96.8 Å². The summed E-state index contributed by atoms with van der Waals surface area (Å²) >= 11 is 0. The Balaban J connectivity index is 3.35. The van der Waals surface area contributed by atoms with E-state index in [2.05, 4.69) is 26.3 Å². The molecule has 0 bridgehead atoms. The van der Waals surface area contributed by atoms with Crippen molar-refractivity contribution in [2.45, 2.75) is 123 Å². The molecule has 0 saturated carbocycles. The second-order valence-electron chi connectivity index (χ2n) is 10.1. The fraction of sp³-hybridized carbons (Fsp3) is 0.926. The molecule has 0 aromatic heterocycles. The van der Waals surface area contributed by atoms with Crippen LogP contribution in [-0.2, 0) is 14.3 Å². The number of hydrogen-bond donors (Lipinski definition) is 1. The van der Waals surface area contributed by atoms with Crippen molar-refractivity contribution in [2.75, 3.05) is 40.3 Å². The lowest BCUT2D eigenvalue weighted by Gasteiger charge is -2.29. The van der Waals surface area contributed by atoms with Crippen molar-refractivity contribution >= 4 is 11.9 Å². The molecule has 5 nitrogen and oxygen atoms in total. The maximum atomic E-state index is 12.0. The van der Waals surface area contributed by atoms with E-state index >= 15 is 0 Å². The molecule has 0 atom stereocenters. The summed E-state index contributed by atoms with van der Waals surface area (Å²) in [5, 5.41) is 3.04. The second kappa shape index (κ2) is 21.7. The number of nitrogens with one attached hydrogen (secondary N) is 1. The van der Waals surface area contributed by atoms with Crippen molar-refractivity contribution in [3.05, 3.63) is 0 Å². The summed E-state index contributed by atoms with van der Waals surface area (Å²) < 4.78 is 5.81. The largest absolute Gasteiger partial charge is 0.460 e. The molecule has 0 aliphatic carbocycles. The van der Waals surface area contributed by atoms with Crippen LogP contribution in [0.15, 0.2) is 0 Å². The summed E-state index contributed by atoms with van der Waals surface area (Å²) in [5.41, 5.74) is 0. The Morgan fingerprint density at radius 3 is 1.62 bits per heavy atom. The Bertz CT molecular complexity index is 452. The summed E-state index contributed by atoms with van der Waals surface area (Å²) in [6.07, 6.45) is 21.8. The fourth-order valence-corrected chi connectivity index (χ4v) is 4.03. The van der Waals surface area contributed by atoms with E-state index in [0.717, 1.165) is 37.0 Å². The summed E-state index contributed by atoms with van der Waals surface area (Å²) in [4.78, 5) is 22.8. The van der Waals surface area contributed by atoms with Gasteiger partial charge in [-0.15, -0.1) is 0 Å². The molecule has 0 spiro atoms. The molecule has 0 saturated heterocycles. The Hall–Kier alpha value is -1.10. The molecule has 190 valence electrons. The molecule has 32 heavy (non-hydrogen) atoms. The van der Waals surface area contributed by atoms with Gasteiger partial charge in [-0.2, -0.15) is 0 Å². The van der Waals surface area contributed by atoms with Crippen molar-refractivity contribution in [1.82, 2.24) is 5.32 Å². The lowest BCUT2D eigenvalue weighted by molar-refractivity contribution is -0.890. The van der Waals surface area contributed by atoms with Crippen molar-refractivity contribution in [3.8, 4) is 0 Å². The normalized spacial score (nSPS) is 11.5. The zero-order valence-electron chi connectivity index (χ0n) is 22.0. The molecule has 0 radical (unpaired) electrons. The van der Waals surface area contributed by atoms with E-state index in [1.54, 1.807) is 0 Å². The molecular formula is C27H55N2O3+. The number of rotatable bonds is 23. The average molecular weight is 456 g/mol. The topological polar surface area (TPSA) is 55.4 Å². The van der Waals surface area contributed by atoms with Gasteiger partial charge in [0.25, 0.3) is 0 Å². The third-order valence-corrected chi connectivity index (χ3v) is 6.27. The quantitative estimate of drug-likeness (QED) is 0.110. The highest BCUT2D eigenvalue weighted by Gasteiger charge is 2.15. The van der Waals surface area contributed by atoms with Gasteiger partial charge in [0.2, 0.25) is 5.91 Å². The van der Waals surface area contributed by atoms with Crippen LogP contribution < -0.4 is 5.32 Å². The number of quaternary nitrogens is 1. The first-order valence-corrected chi connectivity index (χ1v) is 13.6. The number of ether oxygens (including phenoxy) is 1. The Morgan fingerprint density at radius 1 is 0.688 bits per heavy atom. The smallest absolute Gasteiger partial charge is 0.302 e. The van der Waals surface area contributed by atoms with Crippen LogP contribution in [0.25, 0.3) is 0 Å². The van der Waals surface area contributed by atoms with E-state index < -0.39 is 0 Å². The van der Waals surface area contributed by atoms with E-state index in [-0.39, 0.29) is 11.9 Å². The van der Waals surface area contributed by atoms with Gasteiger partial charge in [0.15, 0.2) is 0 Å². The Labute approximate surface area is 199 Å². The molecule has 0 fully saturated rings. The van der Waals surface area contributed by atoms with Crippen LogP contribution in [0.3, 0.4) is 0 Å². The van der Waals surface area contributed by atoms with Gasteiger partial charge in [-0.25, -0.2) is 0 Å². The molecule has 0 aromatic carbocycles. The molecule has 1 N–H and O–H groups in total. The molecule has 1 amide bonds. The van der Waals surface area contributed by atoms with Crippen LogP contribution in [0, 0.1) is 0 Å². The predicted octanol–water partition coefficient (Wildman–Crippen LogP) is 6.39. The highest BCUT2D eigenvalue weighted by atomic mass is 16.5. The minimum Gasteiger partial charge on any atom is -0.460 e. The van der Waals surface area contributed by atoms with Gasteiger partial charge in [-0.05, 0) is 6.42 Å². The lowest BCUT2D eigenvalue weighted by atomic mass is 10.0. The van der Waals surface area contributed by atoms with E-state index in [1.807, 2.05) is 0 Å². The van der Waals surface area contributed by atoms with Crippen LogP contribution in [0.2, 0.25) is 0 Å². The van der Waals surface area contributed by atoms with Crippen molar-refractivity contribution in [2.24, 2.45) is 0 Å². The highest BCUT2D eigenvalue weighted by molar-refractivity contribution is 5.75. The van der Waals surface area contributed by atoms with Crippen LogP contribution >= 0.6 is 0 Å². The number of carbonyl (C=O) groups excluding carboxylic acids is 2. The van der Waals surface area contributed by atoms with Gasteiger partial charge >= 0.3 is 5.97 Å². The standard InChI is InChI=1S/C27H54N2O3/c1-5-6-7-8-9-10-11-12-13-14-15-16-17-18-19-21-27(31)28-22-20-23-29(3,4)24-25-32-26(2)30/h5-25H2,1-4H3/p+1. The average Bonchev–Trinajstić information content (AvgIpc) is 2.73. The molecule has 0 aromatic rings. The third-order valence-electron chi connectivity index (χ3n) is 6.27. The van der Waals surface area contributed by atoms with Crippen molar-refractivity contribution in [3.63, 3.8) is 0 Å². The third kappa shape index (κ3) is 23.6. The second-order valence-corrected chi connectivity index (χ2v) is 10.1. The van der Waals surface area contributed by atoms with Gasteiger partial charge in [-0.3, -0.25) is 9.59 Å². The molecule has 0 aliphatic heterocycles. The van der Waals surface area contributed by atoms with E-state index in [0.29, 0.717) is 13.0 Å². The fourth-order valence-electron chi connectivity index (χ4n) is 4.03. The van der Waals surface area contributed by atoms with Gasteiger partial charge in [0.1, 0.15) is 13.2 Å². The molecule has 0 rings (SSSR count). The predicted molar refractivity (Wildman–Crippen MR) is 136 cm³/mol. The van der Waals surface area contributed by atoms with E-state index in [4.69, 9.17) is 4.74 Å². The molecule has 5 heteroatoms. The van der Waals surface area contributed by atoms with Crippen LogP contribution in [-0.4, -0.2) is 56.7 Å². The zero-order valence-corrected chi connectivity index (χ0v) is 22.0. The Kier molecular flexibility index (Phi) is 21.0. The number of hydrogen-bond acceptors (Lipinski definition) is 3. The summed E-state index contributed by atoms with van der Waals surface area (Å²) in [7, 11) is 4.25. The number of carbonyl (C=O) groups is 2. The van der Waals surface area contributed by atoms with Crippen molar-refractivity contribution in [1.29, 1.82) is 0 Å². The van der Waals surface area contributed by atoms with Gasteiger partial charge < -0.3 is 14.5 Å². The zero-order chi connectivity index (χ0) is 23.9. The lowest BCUT2D eigenvalue weighted by Crippen LogP contribution is -2.44. The molecule has 0 heterocycles. The van der Waals surface area contributed by atoms with Gasteiger partial charge in [0, 0.05) is 26.3 Å². The molecular weight excluding hydrogens is 400 g/mol. The van der Waals surface area contributed by atoms with E-state index in [9.17, 15) is 9.59 Å². The minimum absolute atomic E-state index is 0.185. The van der Waals surface area contributed by atoms with Crippen molar-refractivity contribution < 1.29 is 18.8 Å². The van der Waals surface area contributed by atoms with E-state index in [1.165, 1.54) is 96.8 Å². The van der Waals surface area contributed by atoms with Gasteiger partial charge in [0.05, 0.1) is 20.6 Å². The first-order valence-electron chi connectivity index (χ1n) is 13.6. The molecule has 0 unspecified atom stereocenters. The monoisotopic (exact) mass is 455 g/mol. The maximum absolute atomic E-state index is 12.0. The summed E-state index contributed by atoms with van der Waals surface area (Å²) in [6, 6.07) is 0. The van der Waals surface area contributed by atoms with Crippen LogP contribution in [0.4, 0.5) is 0 Å². The number of esters is 1. The van der Waals surface area contributed by atoms with Crippen LogP contribution in [0.5, 0.6) is 0 Å². The first kappa shape index (κ1) is 30.9. The number of likely N-dealkylation sites (N-methyl/N-ethyl adjacent to an activating group) is 1.